The molecular weight excluding hydrogens is 755 g/mol. The third kappa shape index (κ3) is 4.48. The number of nitrogens with zero attached hydrogens (tertiary/aromatic N) is 1. The summed E-state index contributed by atoms with van der Waals surface area (Å²) in [6, 6.07) is 71.6. The molecule has 0 amide bonds. The third-order valence-electron chi connectivity index (χ3n) is 14.7. The van der Waals surface area contributed by atoms with Gasteiger partial charge in [0, 0.05) is 37.4 Å². The summed E-state index contributed by atoms with van der Waals surface area (Å²) in [5, 5.41) is 2.53. The summed E-state index contributed by atoms with van der Waals surface area (Å²) in [5.74, 6) is 0. The van der Waals surface area contributed by atoms with Gasteiger partial charge in [-0.25, -0.2) is 0 Å². The first-order valence-corrected chi connectivity index (χ1v) is 22.4. The lowest BCUT2D eigenvalue weighted by atomic mass is 9.66. The van der Waals surface area contributed by atoms with E-state index in [1.807, 2.05) is 11.8 Å². The molecule has 0 saturated carbocycles. The van der Waals surface area contributed by atoms with E-state index < -0.39 is 5.41 Å². The molecule has 290 valence electrons. The molecule has 3 aliphatic carbocycles. The van der Waals surface area contributed by atoms with Gasteiger partial charge >= 0.3 is 0 Å². The maximum Gasteiger partial charge on any atom is 0.0741 e. The van der Waals surface area contributed by atoms with Gasteiger partial charge in [0.1, 0.15) is 0 Å². The molecule has 9 aromatic rings. The minimum absolute atomic E-state index is 0.132. The molecular formula is C59H43NS. The van der Waals surface area contributed by atoms with Crippen LogP contribution in [0.15, 0.2) is 198 Å². The fraction of sp³-hybridized carbons (Fsp3) is 0.119. The summed E-state index contributed by atoms with van der Waals surface area (Å²) < 4.78 is 0. The van der Waals surface area contributed by atoms with Crippen molar-refractivity contribution in [2.45, 2.75) is 53.7 Å². The Bertz CT molecular complexity index is 3210. The van der Waals surface area contributed by atoms with Crippen LogP contribution in [0.4, 0.5) is 17.1 Å². The quantitative estimate of drug-likeness (QED) is 0.175. The third-order valence-corrected chi connectivity index (χ3v) is 15.9. The van der Waals surface area contributed by atoms with Crippen molar-refractivity contribution in [1.82, 2.24) is 0 Å². The van der Waals surface area contributed by atoms with E-state index in [1.54, 1.807) is 0 Å². The van der Waals surface area contributed by atoms with Crippen molar-refractivity contribution in [2.75, 3.05) is 4.90 Å². The number of hydrogen-bond acceptors (Lipinski definition) is 2. The van der Waals surface area contributed by atoms with Gasteiger partial charge in [-0.3, -0.25) is 0 Å². The van der Waals surface area contributed by atoms with Gasteiger partial charge in [0.05, 0.1) is 11.1 Å². The first kappa shape index (κ1) is 35.2. The van der Waals surface area contributed by atoms with E-state index in [4.69, 9.17) is 0 Å². The van der Waals surface area contributed by atoms with E-state index in [-0.39, 0.29) is 10.8 Å². The number of hydrogen-bond donors (Lipinski definition) is 0. The van der Waals surface area contributed by atoms with Gasteiger partial charge in [0.15, 0.2) is 0 Å². The second-order valence-electron chi connectivity index (χ2n) is 18.4. The zero-order valence-corrected chi connectivity index (χ0v) is 35.6. The Kier molecular flexibility index (Phi) is 7.06. The molecule has 4 aliphatic rings. The van der Waals surface area contributed by atoms with E-state index in [0.29, 0.717) is 0 Å². The predicted molar refractivity (Wildman–Crippen MR) is 255 cm³/mol. The van der Waals surface area contributed by atoms with Crippen LogP contribution in [0, 0.1) is 0 Å². The summed E-state index contributed by atoms with van der Waals surface area (Å²) in [6.45, 7) is 9.55. The minimum atomic E-state index is -0.472. The Morgan fingerprint density at radius 1 is 0.344 bits per heavy atom. The molecule has 0 N–H and O–H groups in total. The Balaban J connectivity index is 1.10. The molecule has 0 fully saturated rings. The molecule has 13 rings (SSSR count). The van der Waals surface area contributed by atoms with Gasteiger partial charge in [-0.1, -0.05) is 185 Å². The topological polar surface area (TPSA) is 3.24 Å². The Labute approximate surface area is 362 Å². The van der Waals surface area contributed by atoms with Crippen molar-refractivity contribution in [3.8, 4) is 33.4 Å². The van der Waals surface area contributed by atoms with Crippen molar-refractivity contribution in [3.63, 3.8) is 0 Å². The SMILES string of the molecule is CC1(C)c2ccccc2-c2ccc(N(c3ccc4c(c3)C(C)(C)c3ccccc3-4)c3cccc4c5c(ccc34)Sc3ccccc3C53c4ccccc4-c4ccccc43)cc21. The highest BCUT2D eigenvalue weighted by Crippen LogP contribution is 2.64. The maximum atomic E-state index is 2.56. The Morgan fingerprint density at radius 2 is 0.803 bits per heavy atom. The summed E-state index contributed by atoms with van der Waals surface area (Å²) in [6.07, 6.45) is 0. The van der Waals surface area contributed by atoms with E-state index in [9.17, 15) is 0 Å². The number of benzene rings is 9. The second-order valence-corrected chi connectivity index (χ2v) is 19.5. The van der Waals surface area contributed by atoms with Gasteiger partial charge in [0.2, 0.25) is 0 Å². The zero-order valence-electron chi connectivity index (χ0n) is 34.8. The van der Waals surface area contributed by atoms with E-state index >= 15 is 0 Å². The van der Waals surface area contributed by atoms with Crippen LogP contribution in [-0.4, -0.2) is 0 Å². The molecule has 1 nitrogen and oxygen atoms in total. The second kappa shape index (κ2) is 12.2. The number of rotatable bonds is 3. The average molecular weight is 798 g/mol. The molecule has 0 bridgehead atoms. The lowest BCUT2D eigenvalue weighted by Crippen LogP contribution is -2.32. The summed E-state index contributed by atoms with van der Waals surface area (Å²) in [7, 11) is 0. The molecule has 0 saturated heterocycles. The Hall–Kier alpha value is -6.61. The highest BCUT2D eigenvalue weighted by molar-refractivity contribution is 7.99. The number of fused-ring (bicyclic) bond motifs is 17. The molecule has 0 radical (unpaired) electrons. The van der Waals surface area contributed by atoms with Crippen molar-refractivity contribution >= 4 is 39.6 Å². The van der Waals surface area contributed by atoms with Gasteiger partial charge < -0.3 is 4.90 Å². The van der Waals surface area contributed by atoms with Gasteiger partial charge in [-0.15, -0.1) is 0 Å². The largest absolute Gasteiger partial charge is 0.310 e. The van der Waals surface area contributed by atoms with Crippen LogP contribution >= 0.6 is 11.8 Å². The van der Waals surface area contributed by atoms with Crippen molar-refractivity contribution in [2.24, 2.45) is 0 Å². The zero-order chi connectivity index (χ0) is 40.8. The highest BCUT2D eigenvalue weighted by atomic mass is 32.2. The lowest BCUT2D eigenvalue weighted by molar-refractivity contribution is 0.660. The van der Waals surface area contributed by atoms with Crippen LogP contribution in [0.5, 0.6) is 0 Å². The molecule has 61 heavy (non-hydrogen) atoms. The van der Waals surface area contributed by atoms with Crippen LogP contribution in [0.1, 0.15) is 72.2 Å². The predicted octanol–water partition coefficient (Wildman–Crippen LogP) is 15.7. The van der Waals surface area contributed by atoms with Crippen molar-refractivity contribution in [3.05, 3.63) is 233 Å². The van der Waals surface area contributed by atoms with Crippen molar-refractivity contribution < 1.29 is 0 Å². The van der Waals surface area contributed by atoms with E-state index in [0.717, 1.165) is 0 Å². The maximum absolute atomic E-state index is 2.56. The van der Waals surface area contributed by atoms with Crippen LogP contribution in [0.25, 0.3) is 44.2 Å². The standard InChI is InChI=1S/C59H43NS/c1-57(2)46-21-9-5-16-38(46)42-30-28-36(34-51(42)57)60(37-29-31-43-39-17-6-10-22-47(39)58(3,4)52(43)35-37)53-26-15-20-45-44(53)32-33-55-56(45)59(50-25-13-14-27-54(50)61-55)48-23-11-7-18-40(48)41-19-8-12-24-49(41)59/h5-35H,1-4H3. The molecule has 9 aromatic carbocycles. The highest BCUT2D eigenvalue weighted by Gasteiger charge is 2.51. The molecule has 1 heterocycles. The van der Waals surface area contributed by atoms with Crippen LogP contribution in [0.3, 0.4) is 0 Å². The van der Waals surface area contributed by atoms with Crippen LogP contribution in [-0.2, 0) is 16.2 Å². The van der Waals surface area contributed by atoms with E-state index in [1.165, 1.54) is 116 Å². The van der Waals surface area contributed by atoms with Gasteiger partial charge in [0.25, 0.3) is 0 Å². The van der Waals surface area contributed by atoms with Crippen LogP contribution < -0.4 is 4.90 Å². The fourth-order valence-corrected chi connectivity index (χ4v) is 13.2. The molecule has 0 atom stereocenters. The van der Waals surface area contributed by atoms with Crippen molar-refractivity contribution in [1.29, 1.82) is 0 Å². The monoisotopic (exact) mass is 797 g/mol. The van der Waals surface area contributed by atoms with Gasteiger partial charge in [-0.05, 0) is 126 Å². The molecule has 2 heteroatoms. The summed E-state index contributed by atoms with van der Waals surface area (Å²) in [5.41, 5.74) is 21.8. The van der Waals surface area contributed by atoms with E-state index in [2.05, 4.69) is 221 Å². The lowest BCUT2D eigenvalue weighted by Gasteiger charge is -2.41. The normalized spacial score (nSPS) is 15.9. The smallest absolute Gasteiger partial charge is 0.0741 e. The first-order valence-electron chi connectivity index (χ1n) is 21.6. The average Bonchev–Trinajstić information content (AvgIpc) is 3.81. The molecule has 1 aliphatic heterocycles. The molecule has 0 aromatic heterocycles. The molecule has 0 unspecified atom stereocenters. The van der Waals surface area contributed by atoms with Crippen LogP contribution in [0.2, 0.25) is 0 Å². The molecule has 1 spiro atoms. The fourth-order valence-electron chi connectivity index (χ4n) is 12.0. The summed E-state index contributed by atoms with van der Waals surface area (Å²) in [4.78, 5) is 5.19. The van der Waals surface area contributed by atoms with Gasteiger partial charge in [-0.2, -0.15) is 0 Å². The minimum Gasteiger partial charge on any atom is -0.310 e. The number of anilines is 3. The first-order chi connectivity index (χ1) is 29.8. The Morgan fingerprint density at radius 3 is 1.36 bits per heavy atom. The summed E-state index contributed by atoms with van der Waals surface area (Å²) >= 11 is 1.92.